The van der Waals surface area contributed by atoms with Gasteiger partial charge in [-0.2, -0.15) is 4.89 Å². The number of anilines is 2. The van der Waals surface area contributed by atoms with Crippen LogP contribution in [0.1, 0.15) is 118 Å². The van der Waals surface area contributed by atoms with Crippen molar-refractivity contribution in [3.05, 3.63) is 189 Å². The lowest BCUT2D eigenvalue weighted by Gasteiger charge is -2.29. The number of esters is 1. The molecular weight excluding hydrogens is 889 g/mol. The van der Waals surface area contributed by atoms with Gasteiger partial charge in [0.05, 0.1) is 13.2 Å². The Hall–Kier alpha value is -7.43. The van der Waals surface area contributed by atoms with E-state index in [4.69, 9.17) is 24.0 Å². The van der Waals surface area contributed by atoms with E-state index in [1.165, 1.54) is 17.2 Å². The van der Waals surface area contributed by atoms with E-state index < -0.39 is 5.97 Å². The van der Waals surface area contributed by atoms with Crippen molar-refractivity contribution in [2.45, 2.75) is 83.5 Å². The van der Waals surface area contributed by atoms with E-state index in [1.807, 2.05) is 125 Å². The zero-order valence-electron chi connectivity index (χ0n) is 40.6. The summed E-state index contributed by atoms with van der Waals surface area (Å²) in [5.74, 6) is 2.27. The van der Waals surface area contributed by atoms with Crippen molar-refractivity contribution in [3.8, 4) is 23.0 Å². The van der Waals surface area contributed by atoms with Crippen LogP contribution in [0.4, 0.5) is 11.4 Å². The largest absolute Gasteiger partial charge is 0.494 e. The molecule has 10 nitrogen and oxygen atoms in total. The molecule has 1 atom stereocenters. The first kappa shape index (κ1) is 47.3. The monoisotopic (exact) mass is 948 g/mol. The Balaban J connectivity index is 0.760. The molecule has 0 fully saturated rings. The molecule has 1 unspecified atom stereocenters. The van der Waals surface area contributed by atoms with Crippen LogP contribution in [0.25, 0.3) is 12.2 Å². The molecule has 0 saturated carbocycles. The van der Waals surface area contributed by atoms with Gasteiger partial charge in [-0.05, 0) is 176 Å². The number of carbonyl (C=O) groups excluding carboxylic acids is 3. The average molecular weight is 949 g/mol. The second kappa shape index (κ2) is 21.3. The van der Waals surface area contributed by atoms with Gasteiger partial charge in [-0.15, -0.1) is 0 Å². The van der Waals surface area contributed by atoms with E-state index in [9.17, 15) is 14.4 Å². The van der Waals surface area contributed by atoms with Gasteiger partial charge in [0, 0.05) is 58.2 Å². The first-order valence-electron chi connectivity index (χ1n) is 25.3. The van der Waals surface area contributed by atoms with Crippen molar-refractivity contribution in [1.82, 2.24) is 0 Å². The van der Waals surface area contributed by atoms with E-state index in [2.05, 4.69) is 32.0 Å². The third-order valence-corrected chi connectivity index (χ3v) is 14.3. The van der Waals surface area contributed by atoms with Crippen LogP contribution in [0.3, 0.4) is 0 Å². The summed E-state index contributed by atoms with van der Waals surface area (Å²) < 4.78 is 17.8. The van der Waals surface area contributed by atoms with Crippen LogP contribution in [0.2, 0.25) is 0 Å². The number of hydrogen-bond donors (Lipinski definition) is 0. The smallest absolute Gasteiger partial charge is 0.336 e. The fraction of sp³-hybridized carbons (Fsp3) is 0.295. The fourth-order valence-corrected chi connectivity index (χ4v) is 10.7. The first-order chi connectivity index (χ1) is 34.8. The molecule has 4 aliphatic rings. The predicted molar refractivity (Wildman–Crippen MR) is 278 cm³/mol. The number of nitrogens with zero attached hydrogens (tertiary/aromatic N) is 2. The summed E-state index contributed by atoms with van der Waals surface area (Å²) in [5.41, 5.74) is 11.3. The Kier molecular flexibility index (Phi) is 14.2. The fourth-order valence-electron chi connectivity index (χ4n) is 10.7. The SMILES string of the molecule is CCCCOc1ccc(C(=O)N2CCc3cc(/C=C\C(=O)Oc4cccc5c4C4(CCc6cccc(OOC/C=C/c7ccc8c(c7)CCN8C(=O)c7ccc(OCCCC)cc7)c64)CC5)ccc32)cc1. The minimum Gasteiger partial charge on any atom is -0.494 e. The molecule has 2 amide bonds. The van der Waals surface area contributed by atoms with Crippen molar-refractivity contribution in [2.75, 3.05) is 42.7 Å². The van der Waals surface area contributed by atoms with Crippen molar-refractivity contribution in [2.24, 2.45) is 0 Å². The van der Waals surface area contributed by atoms with E-state index in [0.717, 1.165) is 120 Å². The summed E-state index contributed by atoms with van der Waals surface area (Å²) >= 11 is 0. The van der Waals surface area contributed by atoms with E-state index in [0.29, 0.717) is 48.9 Å². The Morgan fingerprint density at radius 1 is 0.577 bits per heavy atom. The number of carbonyl (C=O) groups is 3. The van der Waals surface area contributed by atoms with Crippen LogP contribution >= 0.6 is 0 Å². The van der Waals surface area contributed by atoms with E-state index >= 15 is 0 Å². The summed E-state index contributed by atoms with van der Waals surface area (Å²) in [5, 5.41) is 0. The third-order valence-electron chi connectivity index (χ3n) is 14.3. The molecule has 10 rings (SSSR count). The van der Waals surface area contributed by atoms with Crippen LogP contribution in [-0.2, 0) is 40.8 Å². The summed E-state index contributed by atoms with van der Waals surface area (Å²) in [6.45, 7) is 7.05. The van der Waals surface area contributed by atoms with Gasteiger partial charge in [0.2, 0.25) is 0 Å². The number of rotatable bonds is 18. The number of fused-ring (bicyclic) bond motifs is 6. The van der Waals surface area contributed by atoms with Gasteiger partial charge in [-0.3, -0.25) is 9.59 Å². The molecule has 362 valence electrons. The van der Waals surface area contributed by atoms with Crippen LogP contribution in [0.15, 0.2) is 133 Å². The topological polar surface area (TPSA) is 104 Å². The molecule has 0 bridgehead atoms. The highest BCUT2D eigenvalue weighted by Crippen LogP contribution is 2.57. The molecule has 6 aromatic rings. The maximum Gasteiger partial charge on any atom is 0.336 e. The highest BCUT2D eigenvalue weighted by Gasteiger charge is 2.49. The lowest BCUT2D eigenvalue weighted by atomic mass is 9.76. The standard InChI is InChI=1S/C61H60N2O8/c1-3-5-37-67-50-22-18-46(19-23-50)59(65)62-35-31-48-40-42(15-26-52(48)62)10-9-39-69-71-55-14-8-12-45-30-34-61(58(45)55)33-29-44-11-7-13-54(57(44)61)70-56(64)28-17-43-16-27-53-49(41-43)32-36-63(53)60(66)47-20-24-51(25-21-47)68-38-6-4-2/h7-28,40-41H,3-6,29-39H2,1-2H3/b10-9+,28-17-. The highest BCUT2D eigenvalue weighted by atomic mass is 17.2. The maximum absolute atomic E-state index is 13.6. The molecule has 0 saturated heterocycles. The van der Waals surface area contributed by atoms with Crippen molar-refractivity contribution >= 4 is 41.3 Å². The first-order valence-corrected chi connectivity index (χ1v) is 25.3. The molecule has 2 aliphatic carbocycles. The van der Waals surface area contributed by atoms with Crippen LogP contribution in [-0.4, -0.2) is 50.7 Å². The molecule has 0 aromatic heterocycles. The van der Waals surface area contributed by atoms with Gasteiger partial charge in [0.1, 0.15) is 23.9 Å². The van der Waals surface area contributed by atoms with Crippen LogP contribution in [0.5, 0.6) is 23.0 Å². The highest BCUT2D eigenvalue weighted by molar-refractivity contribution is 6.08. The Morgan fingerprint density at radius 2 is 1.10 bits per heavy atom. The van der Waals surface area contributed by atoms with Gasteiger partial charge < -0.3 is 28.9 Å². The molecular formula is C61H60N2O8. The van der Waals surface area contributed by atoms with Crippen LogP contribution < -0.4 is 28.9 Å². The maximum atomic E-state index is 13.6. The summed E-state index contributed by atoms with van der Waals surface area (Å²) in [4.78, 5) is 56.3. The van der Waals surface area contributed by atoms with Crippen molar-refractivity contribution in [1.29, 1.82) is 0 Å². The van der Waals surface area contributed by atoms with Gasteiger partial charge in [-0.25, -0.2) is 4.79 Å². The van der Waals surface area contributed by atoms with E-state index in [1.54, 1.807) is 6.08 Å². The van der Waals surface area contributed by atoms with Crippen molar-refractivity contribution in [3.63, 3.8) is 0 Å². The van der Waals surface area contributed by atoms with Gasteiger partial charge in [0.15, 0.2) is 5.75 Å². The Labute approximate surface area is 416 Å². The Bertz CT molecular complexity index is 2990. The molecule has 0 N–H and O–H groups in total. The average Bonchev–Trinajstić information content (AvgIpc) is 4.21. The minimum atomic E-state index is -0.457. The molecule has 2 aliphatic heterocycles. The van der Waals surface area contributed by atoms with Gasteiger partial charge >= 0.3 is 5.97 Å². The van der Waals surface area contributed by atoms with Crippen molar-refractivity contribution < 1.29 is 38.4 Å². The lowest BCUT2D eigenvalue weighted by Crippen LogP contribution is -2.28. The summed E-state index contributed by atoms with van der Waals surface area (Å²) in [6.07, 6.45) is 16.3. The zero-order valence-corrected chi connectivity index (χ0v) is 40.6. The summed E-state index contributed by atoms with van der Waals surface area (Å²) in [6, 6.07) is 39.0. The van der Waals surface area contributed by atoms with Gasteiger partial charge in [-0.1, -0.05) is 75.2 Å². The Morgan fingerprint density at radius 3 is 1.65 bits per heavy atom. The quantitative estimate of drug-likeness (QED) is 0.0210. The number of aryl methyl sites for hydroxylation is 2. The van der Waals surface area contributed by atoms with Crippen LogP contribution in [0, 0.1) is 0 Å². The molecule has 0 radical (unpaired) electrons. The molecule has 2 heterocycles. The number of hydrogen-bond acceptors (Lipinski definition) is 8. The second-order valence-electron chi connectivity index (χ2n) is 18.8. The lowest BCUT2D eigenvalue weighted by molar-refractivity contribution is -0.196. The minimum absolute atomic E-state index is 0.0130. The molecule has 71 heavy (non-hydrogen) atoms. The zero-order chi connectivity index (χ0) is 48.7. The third kappa shape index (κ3) is 9.99. The normalized spacial score (nSPS) is 16.4. The van der Waals surface area contributed by atoms with E-state index in [-0.39, 0.29) is 23.8 Å². The molecule has 1 spiro atoms. The number of unbranched alkanes of at least 4 members (excludes halogenated alkanes) is 2. The molecule has 6 aromatic carbocycles. The molecule has 10 heteroatoms. The number of ether oxygens (including phenoxy) is 3. The number of amides is 2. The second-order valence-corrected chi connectivity index (χ2v) is 18.8. The number of benzene rings is 6. The van der Waals surface area contributed by atoms with Gasteiger partial charge in [0.25, 0.3) is 11.8 Å². The summed E-state index contributed by atoms with van der Waals surface area (Å²) in [7, 11) is 0. The predicted octanol–water partition coefficient (Wildman–Crippen LogP) is 12.3.